The zero-order valence-electron chi connectivity index (χ0n) is 14.6. The molecule has 140 valence electrons. The lowest BCUT2D eigenvalue weighted by atomic mass is 10.1. The SMILES string of the molecule is Cc1ccc(-c2cc(NS(=O)(=O)c3ccc4c5c(cccc35)C(=O)N4)n[nH]2)s1. The van der Waals surface area contributed by atoms with E-state index >= 15 is 0 Å². The van der Waals surface area contributed by atoms with Crippen LogP contribution in [0.3, 0.4) is 0 Å². The summed E-state index contributed by atoms with van der Waals surface area (Å²) in [6.45, 7) is 2.00. The van der Waals surface area contributed by atoms with Gasteiger partial charge in [-0.2, -0.15) is 5.10 Å². The highest BCUT2D eigenvalue weighted by atomic mass is 32.2. The van der Waals surface area contributed by atoms with Gasteiger partial charge in [-0.25, -0.2) is 8.42 Å². The first-order valence-corrected chi connectivity index (χ1v) is 10.7. The van der Waals surface area contributed by atoms with Gasteiger partial charge in [0.25, 0.3) is 15.9 Å². The first-order valence-electron chi connectivity index (χ1n) is 8.44. The Morgan fingerprint density at radius 3 is 2.75 bits per heavy atom. The van der Waals surface area contributed by atoms with Crippen LogP contribution in [0.5, 0.6) is 0 Å². The average molecular weight is 410 g/mol. The molecule has 0 unspecified atom stereocenters. The Bertz CT molecular complexity index is 1370. The van der Waals surface area contributed by atoms with Gasteiger partial charge in [0.05, 0.1) is 15.5 Å². The summed E-state index contributed by atoms with van der Waals surface area (Å²) in [5.74, 6) is -0.0233. The van der Waals surface area contributed by atoms with Gasteiger partial charge in [0, 0.05) is 33.0 Å². The number of carbonyl (C=O) groups is 1. The molecule has 9 heteroatoms. The Kier molecular flexibility index (Phi) is 3.58. The summed E-state index contributed by atoms with van der Waals surface area (Å²) in [4.78, 5) is 14.3. The number of carbonyl (C=O) groups excluding carboxylic acids is 1. The molecule has 28 heavy (non-hydrogen) atoms. The van der Waals surface area contributed by atoms with Gasteiger partial charge in [-0.1, -0.05) is 12.1 Å². The summed E-state index contributed by atoms with van der Waals surface area (Å²) in [7, 11) is -3.89. The number of aromatic amines is 1. The predicted molar refractivity (Wildman–Crippen MR) is 109 cm³/mol. The Hall–Kier alpha value is -3.17. The largest absolute Gasteiger partial charge is 0.321 e. The van der Waals surface area contributed by atoms with Crippen LogP contribution in [0.4, 0.5) is 11.5 Å². The normalized spacial score (nSPS) is 13.1. The molecule has 0 fully saturated rings. The number of benzene rings is 2. The van der Waals surface area contributed by atoms with Crippen LogP contribution in [-0.4, -0.2) is 24.5 Å². The van der Waals surface area contributed by atoms with E-state index in [-0.39, 0.29) is 16.6 Å². The maximum absolute atomic E-state index is 13.0. The van der Waals surface area contributed by atoms with E-state index in [0.717, 1.165) is 15.4 Å². The number of H-pyrrole nitrogens is 1. The van der Waals surface area contributed by atoms with Crippen molar-refractivity contribution in [1.29, 1.82) is 0 Å². The fourth-order valence-corrected chi connectivity index (χ4v) is 5.40. The van der Waals surface area contributed by atoms with Crippen molar-refractivity contribution in [2.75, 3.05) is 10.0 Å². The minimum atomic E-state index is -3.89. The van der Waals surface area contributed by atoms with Gasteiger partial charge in [-0.3, -0.25) is 14.6 Å². The minimum Gasteiger partial charge on any atom is -0.321 e. The monoisotopic (exact) mass is 410 g/mol. The molecule has 1 aliphatic rings. The lowest BCUT2D eigenvalue weighted by molar-refractivity contribution is 0.103. The number of nitrogens with zero attached hydrogens (tertiary/aromatic N) is 1. The van der Waals surface area contributed by atoms with Crippen LogP contribution in [0.15, 0.2) is 53.4 Å². The van der Waals surface area contributed by atoms with Gasteiger partial charge >= 0.3 is 0 Å². The first-order chi connectivity index (χ1) is 13.4. The molecule has 0 atom stereocenters. The van der Waals surface area contributed by atoms with E-state index < -0.39 is 10.0 Å². The van der Waals surface area contributed by atoms with Crippen molar-refractivity contribution < 1.29 is 13.2 Å². The number of nitrogens with one attached hydrogen (secondary N) is 3. The molecule has 4 aromatic rings. The van der Waals surface area contributed by atoms with Crippen LogP contribution in [0.1, 0.15) is 15.2 Å². The molecule has 3 heterocycles. The van der Waals surface area contributed by atoms with Crippen LogP contribution < -0.4 is 10.0 Å². The van der Waals surface area contributed by atoms with Crippen molar-refractivity contribution in [2.24, 2.45) is 0 Å². The van der Waals surface area contributed by atoms with E-state index in [0.29, 0.717) is 22.0 Å². The van der Waals surface area contributed by atoms with Crippen LogP contribution in [0, 0.1) is 6.92 Å². The summed E-state index contributed by atoms with van der Waals surface area (Å²) in [5.41, 5.74) is 1.83. The number of amides is 1. The van der Waals surface area contributed by atoms with Gasteiger partial charge in [0.2, 0.25) is 0 Å². The number of rotatable bonds is 4. The van der Waals surface area contributed by atoms with Crippen molar-refractivity contribution in [3.63, 3.8) is 0 Å². The molecule has 0 spiro atoms. The predicted octanol–water partition coefficient (Wildman–Crippen LogP) is 3.97. The average Bonchev–Trinajstić information content (AvgIpc) is 3.36. The third-order valence-corrected chi connectivity index (χ3v) is 7.05. The van der Waals surface area contributed by atoms with Gasteiger partial charge in [0.15, 0.2) is 5.82 Å². The second kappa shape index (κ2) is 5.91. The van der Waals surface area contributed by atoms with E-state index in [9.17, 15) is 13.2 Å². The van der Waals surface area contributed by atoms with Gasteiger partial charge in [-0.05, 0) is 37.3 Å². The number of aryl methyl sites for hydroxylation is 1. The summed E-state index contributed by atoms with van der Waals surface area (Å²) in [5, 5.41) is 10.8. The Morgan fingerprint density at radius 2 is 1.96 bits per heavy atom. The molecular weight excluding hydrogens is 396 g/mol. The third-order valence-electron chi connectivity index (χ3n) is 4.61. The van der Waals surface area contributed by atoms with Crippen molar-refractivity contribution in [2.45, 2.75) is 11.8 Å². The standard InChI is InChI=1S/C19H14N4O3S2/c1-10-5-7-15(27-10)14-9-17(22-21-14)23-28(25,26)16-8-6-13-18-11(16)3-2-4-12(18)19(24)20-13/h2-9H,1H3,(H,20,24)(H2,21,22,23). The summed E-state index contributed by atoms with van der Waals surface area (Å²) < 4.78 is 28.6. The molecule has 7 nitrogen and oxygen atoms in total. The third kappa shape index (κ3) is 2.59. The summed E-state index contributed by atoms with van der Waals surface area (Å²) in [6, 6.07) is 13.8. The lowest BCUT2D eigenvalue weighted by Gasteiger charge is -2.09. The molecule has 0 radical (unpaired) electrons. The van der Waals surface area contributed by atoms with Crippen molar-refractivity contribution in [3.8, 4) is 10.6 Å². The Labute approximate surface area is 164 Å². The van der Waals surface area contributed by atoms with Crippen LogP contribution >= 0.6 is 11.3 Å². The molecule has 1 amide bonds. The maximum atomic E-state index is 13.0. The van der Waals surface area contributed by atoms with Gasteiger partial charge < -0.3 is 5.32 Å². The topological polar surface area (TPSA) is 104 Å². The Morgan fingerprint density at radius 1 is 1.11 bits per heavy atom. The van der Waals surface area contributed by atoms with Crippen molar-refractivity contribution >= 4 is 49.5 Å². The smallest absolute Gasteiger partial charge is 0.263 e. The van der Waals surface area contributed by atoms with Crippen molar-refractivity contribution in [1.82, 2.24) is 10.2 Å². The zero-order valence-corrected chi connectivity index (χ0v) is 16.2. The molecule has 3 N–H and O–H groups in total. The molecule has 0 aliphatic carbocycles. The van der Waals surface area contributed by atoms with E-state index in [2.05, 4.69) is 20.2 Å². The quantitative estimate of drug-likeness (QED) is 0.474. The number of hydrogen-bond acceptors (Lipinski definition) is 5. The lowest BCUT2D eigenvalue weighted by Crippen LogP contribution is -2.13. The van der Waals surface area contributed by atoms with E-state index in [1.165, 1.54) is 6.07 Å². The fraction of sp³-hybridized carbons (Fsp3) is 0.0526. The van der Waals surface area contributed by atoms with Crippen LogP contribution in [-0.2, 0) is 10.0 Å². The van der Waals surface area contributed by atoms with E-state index in [1.54, 1.807) is 41.7 Å². The minimum absolute atomic E-state index is 0.0983. The molecule has 1 aliphatic heterocycles. The fourth-order valence-electron chi connectivity index (χ4n) is 3.37. The highest BCUT2D eigenvalue weighted by Crippen LogP contribution is 2.37. The second-order valence-corrected chi connectivity index (χ2v) is 9.41. The maximum Gasteiger partial charge on any atom is 0.263 e. The van der Waals surface area contributed by atoms with Crippen LogP contribution in [0.25, 0.3) is 21.3 Å². The molecule has 0 saturated carbocycles. The highest BCUT2D eigenvalue weighted by molar-refractivity contribution is 7.93. The molecule has 2 aromatic heterocycles. The molecule has 2 aromatic carbocycles. The van der Waals surface area contributed by atoms with E-state index in [4.69, 9.17) is 0 Å². The van der Waals surface area contributed by atoms with E-state index in [1.807, 2.05) is 19.1 Å². The molecular formula is C19H14N4O3S2. The second-order valence-electron chi connectivity index (χ2n) is 6.48. The number of sulfonamides is 1. The highest BCUT2D eigenvalue weighted by Gasteiger charge is 2.26. The first kappa shape index (κ1) is 17.0. The molecule has 0 bridgehead atoms. The number of anilines is 2. The number of hydrogen-bond donors (Lipinski definition) is 3. The number of thiophene rings is 1. The number of aromatic nitrogens is 2. The van der Waals surface area contributed by atoms with Gasteiger partial charge in [-0.15, -0.1) is 11.3 Å². The van der Waals surface area contributed by atoms with Crippen LogP contribution in [0.2, 0.25) is 0 Å². The Balaban J connectivity index is 1.55. The van der Waals surface area contributed by atoms with Gasteiger partial charge in [0.1, 0.15) is 0 Å². The zero-order chi connectivity index (χ0) is 19.5. The van der Waals surface area contributed by atoms with Crippen molar-refractivity contribution in [3.05, 3.63) is 59.0 Å². The summed E-state index contributed by atoms with van der Waals surface area (Å²) >= 11 is 1.59. The summed E-state index contributed by atoms with van der Waals surface area (Å²) in [6.07, 6.45) is 0. The molecule has 0 saturated heterocycles. The molecule has 5 rings (SSSR count).